The highest BCUT2D eigenvalue weighted by Crippen LogP contribution is 2.47. The zero-order valence-electron chi connectivity index (χ0n) is 13.7. The maximum absolute atomic E-state index is 12.9. The van der Waals surface area contributed by atoms with Crippen LogP contribution in [0.1, 0.15) is 37.7 Å². The normalized spacial score (nSPS) is 29.7. The van der Waals surface area contributed by atoms with Crippen LogP contribution in [0.25, 0.3) is 4.85 Å². The molecular weight excluding hydrogens is 340 g/mol. The second-order valence-electron chi connectivity index (χ2n) is 7.05. The molecule has 2 atom stereocenters. The van der Waals surface area contributed by atoms with E-state index >= 15 is 0 Å². The number of nitrogens with zero attached hydrogens (tertiary/aromatic N) is 2. The van der Waals surface area contributed by atoms with Crippen molar-refractivity contribution in [2.75, 3.05) is 11.9 Å². The van der Waals surface area contributed by atoms with Crippen molar-refractivity contribution in [3.8, 4) is 0 Å². The minimum atomic E-state index is -3.80. The third kappa shape index (κ3) is 2.54. The van der Waals surface area contributed by atoms with E-state index in [2.05, 4.69) is 14.9 Å². The highest BCUT2D eigenvalue weighted by atomic mass is 32.2. The van der Waals surface area contributed by atoms with Crippen LogP contribution in [0.15, 0.2) is 24.3 Å². The standard InChI is InChI=1S/C17H20N4O3S/c1-18-15-10-17(13-8-4-5-9-14(13)19-16(17)22)11-21(15)25(23,24)20-12-6-2-3-7-12/h4-5,8-9,12,15,20H,2-3,6-7,10-11H2,(H,19,22)/t15-,17-/m0/s1. The minimum absolute atomic E-state index is 0.00491. The Balaban J connectivity index is 1.67. The summed E-state index contributed by atoms with van der Waals surface area (Å²) in [7, 11) is -3.80. The predicted molar refractivity (Wildman–Crippen MR) is 92.8 cm³/mol. The van der Waals surface area contributed by atoms with Crippen LogP contribution in [0.2, 0.25) is 0 Å². The summed E-state index contributed by atoms with van der Waals surface area (Å²) in [6.45, 7) is 7.46. The maximum atomic E-state index is 12.9. The Hall–Kier alpha value is -1.95. The van der Waals surface area contributed by atoms with E-state index < -0.39 is 21.8 Å². The lowest BCUT2D eigenvalue weighted by atomic mass is 9.80. The van der Waals surface area contributed by atoms with Crippen LogP contribution >= 0.6 is 0 Å². The van der Waals surface area contributed by atoms with Gasteiger partial charge in [0.15, 0.2) is 0 Å². The first-order valence-corrected chi connectivity index (χ1v) is 9.97. The first-order chi connectivity index (χ1) is 12.0. The van der Waals surface area contributed by atoms with Gasteiger partial charge >= 0.3 is 0 Å². The summed E-state index contributed by atoms with van der Waals surface area (Å²) in [6, 6.07) is 7.24. The summed E-state index contributed by atoms with van der Waals surface area (Å²) in [5.74, 6) is -0.221. The van der Waals surface area contributed by atoms with E-state index in [0.29, 0.717) is 5.69 Å². The molecule has 8 heteroatoms. The van der Waals surface area contributed by atoms with Gasteiger partial charge in [-0.25, -0.2) is 6.57 Å². The maximum Gasteiger partial charge on any atom is 0.294 e. The molecular formula is C17H20N4O3S. The van der Waals surface area contributed by atoms with Gasteiger partial charge in [-0.3, -0.25) is 9.64 Å². The van der Waals surface area contributed by atoms with Crippen LogP contribution < -0.4 is 10.0 Å². The molecule has 1 aliphatic carbocycles. The van der Waals surface area contributed by atoms with Gasteiger partial charge in [0.05, 0.1) is 11.8 Å². The first-order valence-electron chi connectivity index (χ1n) is 8.53. The molecule has 1 aromatic carbocycles. The molecule has 7 nitrogen and oxygen atoms in total. The number of carbonyl (C=O) groups excluding carboxylic acids is 1. The molecule has 3 aliphatic rings. The Kier molecular flexibility index (Phi) is 3.83. The van der Waals surface area contributed by atoms with Gasteiger partial charge in [0.25, 0.3) is 16.4 Å². The van der Waals surface area contributed by atoms with E-state index in [1.165, 1.54) is 4.31 Å². The molecule has 132 valence electrons. The minimum Gasteiger partial charge on any atom is -0.325 e. The monoisotopic (exact) mass is 360 g/mol. The van der Waals surface area contributed by atoms with Crippen LogP contribution in [0.3, 0.4) is 0 Å². The molecule has 1 aromatic rings. The summed E-state index contributed by atoms with van der Waals surface area (Å²) < 4.78 is 29.6. The van der Waals surface area contributed by atoms with Gasteiger partial charge in [0.2, 0.25) is 5.91 Å². The molecule has 2 fully saturated rings. The second kappa shape index (κ2) is 5.80. The molecule has 1 amide bonds. The number of amides is 1. The Bertz CT molecular complexity index is 857. The molecule has 2 N–H and O–H groups in total. The molecule has 25 heavy (non-hydrogen) atoms. The average molecular weight is 360 g/mol. The molecule has 1 saturated carbocycles. The summed E-state index contributed by atoms with van der Waals surface area (Å²) in [5.41, 5.74) is 0.516. The third-order valence-electron chi connectivity index (χ3n) is 5.54. The molecule has 0 radical (unpaired) electrons. The van der Waals surface area contributed by atoms with Crippen molar-refractivity contribution in [1.82, 2.24) is 9.03 Å². The van der Waals surface area contributed by atoms with Crippen LogP contribution in [-0.4, -0.2) is 37.4 Å². The lowest BCUT2D eigenvalue weighted by Crippen LogP contribution is -2.47. The number of anilines is 1. The van der Waals surface area contributed by atoms with Gasteiger partial charge in [-0.05, 0) is 24.5 Å². The Labute approximate surface area is 147 Å². The largest absolute Gasteiger partial charge is 0.325 e. The number of benzene rings is 1. The van der Waals surface area contributed by atoms with E-state index in [0.717, 1.165) is 31.2 Å². The highest BCUT2D eigenvalue weighted by molar-refractivity contribution is 7.87. The fraction of sp³-hybridized carbons (Fsp3) is 0.529. The van der Waals surface area contributed by atoms with E-state index in [1.54, 1.807) is 0 Å². The number of hydrogen-bond acceptors (Lipinski definition) is 3. The van der Waals surface area contributed by atoms with E-state index in [9.17, 15) is 13.2 Å². The Morgan fingerprint density at radius 1 is 1.28 bits per heavy atom. The van der Waals surface area contributed by atoms with Gasteiger partial charge in [-0.1, -0.05) is 31.0 Å². The molecule has 2 aliphatic heterocycles. The molecule has 0 unspecified atom stereocenters. The van der Waals surface area contributed by atoms with Crippen LogP contribution in [0, 0.1) is 6.57 Å². The first kappa shape index (κ1) is 16.5. The number of nitrogens with one attached hydrogen (secondary N) is 2. The van der Waals surface area contributed by atoms with Gasteiger partial charge in [0, 0.05) is 18.3 Å². The smallest absolute Gasteiger partial charge is 0.294 e. The van der Waals surface area contributed by atoms with Gasteiger partial charge in [0.1, 0.15) is 0 Å². The molecule has 4 rings (SSSR count). The van der Waals surface area contributed by atoms with Crippen molar-refractivity contribution in [3.05, 3.63) is 41.2 Å². The van der Waals surface area contributed by atoms with Crippen LogP contribution in [-0.2, 0) is 20.4 Å². The van der Waals surface area contributed by atoms with Crippen molar-refractivity contribution in [2.45, 2.75) is 49.7 Å². The van der Waals surface area contributed by atoms with Crippen molar-refractivity contribution >= 4 is 21.8 Å². The van der Waals surface area contributed by atoms with Gasteiger partial charge < -0.3 is 5.32 Å². The number of fused-ring (bicyclic) bond motifs is 2. The number of hydrogen-bond donors (Lipinski definition) is 2. The predicted octanol–water partition coefficient (Wildman–Crippen LogP) is 1.60. The van der Waals surface area contributed by atoms with E-state index in [-0.39, 0.29) is 24.9 Å². The topological polar surface area (TPSA) is 82.9 Å². The molecule has 1 spiro atoms. The lowest BCUT2D eigenvalue weighted by molar-refractivity contribution is -0.120. The van der Waals surface area contributed by atoms with Gasteiger partial charge in [-0.15, -0.1) is 4.31 Å². The second-order valence-corrected chi connectivity index (χ2v) is 8.70. The zero-order chi connectivity index (χ0) is 17.7. The Morgan fingerprint density at radius 3 is 2.72 bits per heavy atom. The number of carbonyl (C=O) groups is 1. The average Bonchev–Trinajstić information content (AvgIpc) is 3.28. The quantitative estimate of drug-likeness (QED) is 0.804. The van der Waals surface area contributed by atoms with Crippen LogP contribution in [0.5, 0.6) is 0 Å². The summed E-state index contributed by atoms with van der Waals surface area (Å²) in [5, 5.41) is 2.84. The molecule has 0 aromatic heterocycles. The van der Waals surface area contributed by atoms with Crippen molar-refractivity contribution < 1.29 is 13.2 Å². The summed E-state index contributed by atoms with van der Waals surface area (Å²) in [4.78, 5) is 16.2. The van der Waals surface area contributed by atoms with Crippen molar-refractivity contribution in [2.24, 2.45) is 0 Å². The lowest BCUT2D eigenvalue weighted by Gasteiger charge is -2.22. The summed E-state index contributed by atoms with van der Waals surface area (Å²) in [6.07, 6.45) is 2.99. The van der Waals surface area contributed by atoms with Crippen molar-refractivity contribution in [3.63, 3.8) is 0 Å². The summed E-state index contributed by atoms with van der Waals surface area (Å²) >= 11 is 0. The number of rotatable bonds is 3. The zero-order valence-corrected chi connectivity index (χ0v) is 14.6. The molecule has 0 bridgehead atoms. The molecule has 2 heterocycles. The van der Waals surface area contributed by atoms with E-state index in [1.807, 2.05) is 24.3 Å². The van der Waals surface area contributed by atoms with E-state index in [4.69, 9.17) is 6.57 Å². The van der Waals surface area contributed by atoms with Gasteiger partial charge in [-0.2, -0.15) is 13.1 Å². The van der Waals surface area contributed by atoms with Crippen molar-refractivity contribution in [1.29, 1.82) is 0 Å². The molecule has 1 saturated heterocycles. The SMILES string of the molecule is [C-]#[N+][C@@H]1C[C@@]2(CN1S(=O)(=O)NC1CCCC1)C(=O)Nc1ccccc12. The third-order valence-corrected chi connectivity index (χ3v) is 7.16. The Morgan fingerprint density at radius 2 is 2.00 bits per heavy atom. The number of para-hydroxylation sites is 1. The van der Waals surface area contributed by atoms with Crippen LogP contribution in [0.4, 0.5) is 5.69 Å². The fourth-order valence-electron chi connectivity index (χ4n) is 4.26. The highest BCUT2D eigenvalue weighted by Gasteiger charge is 2.60. The fourth-order valence-corrected chi connectivity index (χ4v) is 5.88.